The van der Waals surface area contributed by atoms with E-state index in [0.29, 0.717) is 6.42 Å². The lowest BCUT2D eigenvalue weighted by Crippen LogP contribution is -2.43. The second-order valence-corrected chi connectivity index (χ2v) is 5.29. The first kappa shape index (κ1) is 19.6. The van der Waals surface area contributed by atoms with Gasteiger partial charge in [-0.1, -0.05) is 30.3 Å². The van der Waals surface area contributed by atoms with Crippen LogP contribution in [-0.4, -0.2) is 41.6 Å². The van der Waals surface area contributed by atoms with Crippen molar-refractivity contribution in [2.75, 3.05) is 6.54 Å². The van der Waals surface area contributed by atoms with Crippen molar-refractivity contribution in [1.82, 2.24) is 5.32 Å². The van der Waals surface area contributed by atoms with Crippen molar-refractivity contribution in [3.63, 3.8) is 0 Å². The lowest BCUT2D eigenvalue weighted by Gasteiger charge is -2.15. The van der Waals surface area contributed by atoms with Crippen LogP contribution < -0.4 is 16.8 Å². The maximum atomic E-state index is 11.8. The van der Waals surface area contributed by atoms with Gasteiger partial charge in [0.2, 0.25) is 5.91 Å². The Morgan fingerprint density at radius 2 is 1.83 bits per heavy atom. The highest BCUT2D eigenvalue weighted by molar-refractivity contribution is 5.84. The van der Waals surface area contributed by atoms with Crippen molar-refractivity contribution in [2.24, 2.45) is 11.5 Å². The second-order valence-electron chi connectivity index (χ2n) is 5.29. The maximum Gasteiger partial charge on any atom is 0.326 e. The van der Waals surface area contributed by atoms with E-state index in [-0.39, 0.29) is 26.0 Å². The molecule has 0 aromatic heterocycles. The molecule has 0 saturated heterocycles. The van der Waals surface area contributed by atoms with E-state index in [1.807, 2.05) is 30.3 Å². The van der Waals surface area contributed by atoms with Crippen molar-refractivity contribution in [3.8, 4) is 0 Å². The molecule has 1 aromatic rings. The summed E-state index contributed by atoms with van der Waals surface area (Å²) in [5.74, 6) is -2.25. The molecule has 1 aromatic carbocycles. The fraction of sp³-hybridized carbons (Fsp3) is 0.438. The third-order valence-corrected chi connectivity index (χ3v) is 3.35. The number of esters is 1. The van der Waals surface area contributed by atoms with Crippen LogP contribution >= 0.6 is 0 Å². The lowest BCUT2D eigenvalue weighted by molar-refractivity contribution is -0.146. The Morgan fingerprint density at radius 3 is 2.42 bits per heavy atom. The number of nitrogens with two attached hydrogens (primary N) is 2. The van der Waals surface area contributed by atoms with Gasteiger partial charge in [0.15, 0.2) is 0 Å². The molecule has 0 fully saturated rings. The molecule has 0 radical (unpaired) electrons. The van der Waals surface area contributed by atoms with Crippen LogP contribution in [0.1, 0.15) is 24.8 Å². The van der Waals surface area contributed by atoms with Crippen molar-refractivity contribution < 1.29 is 24.2 Å². The summed E-state index contributed by atoms with van der Waals surface area (Å²) in [5, 5.41) is 11.3. The molecule has 132 valence electrons. The van der Waals surface area contributed by atoms with E-state index in [1.54, 1.807) is 0 Å². The molecule has 0 aliphatic carbocycles. The van der Waals surface area contributed by atoms with E-state index < -0.39 is 29.9 Å². The number of amides is 1. The highest BCUT2D eigenvalue weighted by atomic mass is 16.5. The van der Waals surface area contributed by atoms with Gasteiger partial charge in [-0.15, -0.1) is 0 Å². The van der Waals surface area contributed by atoms with E-state index >= 15 is 0 Å². The number of aliphatic carboxylic acids is 1. The molecule has 0 heterocycles. The fourth-order valence-electron chi connectivity index (χ4n) is 2.01. The molecule has 8 nitrogen and oxygen atoms in total. The van der Waals surface area contributed by atoms with Gasteiger partial charge in [0.05, 0.1) is 6.54 Å². The first-order chi connectivity index (χ1) is 11.4. The number of benzene rings is 1. The summed E-state index contributed by atoms with van der Waals surface area (Å²) < 4.78 is 5.11. The molecule has 2 atom stereocenters. The molecular weight excluding hydrogens is 314 g/mol. The third-order valence-electron chi connectivity index (χ3n) is 3.35. The van der Waals surface area contributed by atoms with E-state index in [4.69, 9.17) is 21.3 Å². The van der Waals surface area contributed by atoms with E-state index in [0.717, 1.165) is 5.56 Å². The standard InChI is InChI=1S/C16H23N3O5/c17-9-14(20)19-13(15(21)22)8-4-7-12(18)16(23)24-10-11-5-2-1-3-6-11/h1-3,5-6,12-13H,4,7-10,17-18H2,(H,19,20)(H,21,22). The van der Waals surface area contributed by atoms with Gasteiger partial charge in [-0.25, -0.2) is 4.79 Å². The number of hydrogen-bond donors (Lipinski definition) is 4. The largest absolute Gasteiger partial charge is 0.480 e. The van der Waals surface area contributed by atoms with Crippen molar-refractivity contribution in [1.29, 1.82) is 0 Å². The fourth-order valence-corrected chi connectivity index (χ4v) is 2.01. The topological polar surface area (TPSA) is 145 Å². The summed E-state index contributed by atoms with van der Waals surface area (Å²) in [6.07, 6.45) is 0.764. The van der Waals surface area contributed by atoms with Crippen LogP contribution in [0.2, 0.25) is 0 Å². The SMILES string of the molecule is NCC(=O)NC(CCCC(N)C(=O)OCc1ccccc1)C(=O)O. The van der Waals surface area contributed by atoms with E-state index in [9.17, 15) is 14.4 Å². The molecule has 1 amide bonds. The Morgan fingerprint density at radius 1 is 1.17 bits per heavy atom. The Hall–Kier alpha value is -2.45. The molecule has 0 aliphatic heterocycles. The average molecular weight is 337 g/mol. The summed E-state index contributed by atoms with van der Waals surface area (Å²) in [6, 6.07) is 7.31. The summed E-state index contributed by atoms with van der Waals surface area (Å²) in [7, 11) is 0. The zero-order valence-electron chi connectivity index (χ0n) is 13.3. The number of carbonyl (C=O) groups excluding carboxylic acids is 2. The third kappa shape index (κ3) is 7.21. The highest BCUT2D eigenvalue weighted by Gasteiger charge is 2.21. The molecule has 8 heteroatoms. The van der Waals surface area contributed by atoms with Gasteiger partial charge >= 0.3 is 11.9 Å². The quantitative estimate of drug-likeness (QED) is 0.431. The van der Waals surface area contributed by atoms with Gasteiger partial charge in [-0.3, -0.25) is 9.59 Å². The zero-order chi connectivity index (χ0) is 17.9. The Kier molecular flexibility index (Phi) is 8.45. The molecule has 0 saturated carbocycles. The summed E-state index contributed by atoms with van der Waals surface area (Å²) >= 11 is 0. The van der Waals surface area contributed by atoms with E-state index in [2.05, 4.69) is 5.32 Å². The normalized spacial score (nSPS) is 12.9. The number of carboxylic acid groups (broad SMARTS) is 1. The molecule has 24 heavy (non-hydrogen) atoms. The molecule has 6 N–H and O–H groups in total. The summed E-state index contributed by atoms with van der Waals surface area (Å²) in [6.45, 7) is -0.146. The van der Waals surface area contributed by atoms with Crippen LogP contribution in [0.4, 0.5) is 0 Å². The van der Waals surface area contributed by atoms with Gasteiger partial charge in [0.1, 0.15) is 18.7 Å². The molecule has 0 aliphatic rings. The van der Waals surface area contributed by atoms with Crippen LogP contribution in [-0.2, 0) is 25.7 Å². The minimum atomic E-state index is -1.16. The van der Waals surface area contributed by atoms with Crippen LogP contribution in [0.3, 0.4) is 0 Å². The minimum Gasteiger partial charge on any atom is -0.480 e. The number of carbonyl (C=O) groups is 3. The number of hydrogen-bond acceptors (Lipinski definition) is 6. The van der Waals surface area contributed by atoms with Crippen LogP contribution in [0.25, 0.3) is 0 Å². The number of carboxylic acids is 1. The Labute approximate surface area is 140 Å². The molecule has 2 unspecified atom stereocenters. The van der Waals surface area contributed by atoms with Crippen molar-refractivity contribution >= 4 is 17.8 Å². The van der Waals surface area contributed by atoms with Crippen LogP contribution in [0.15, 0.2) is 30.3 Å². The van der Waals surface area contributed by atoms with E-state index in [1.165, 1.54) is 0 Å². The lowest BCUT2D eigenvalue weighted by atomic mass is 10.1. The maximum absolute atomic E-state index is 11.8. The first-order valence-corrected chi connectivity index (χ1v) is 7.62. The first-order valence-electron chi connectivity index (χ1n) is 7.62. The Bertz CT molecular complexity index is 550. The monoisotopic (exact) mass is 337 g/mol. The van der Waals surface area contributed by atoms with Crippen molar-refractivity contribution in [3.05, 3.63) is 35.9 Å². The highest BCUT2D eigenvalue weighted by Crippen LogP contribution is 2.07. The predicted octanol–water partition coefficient (Wildman–Crippen LogP) is -0.244. The van der Waals surface area contributed by atoms with Gasteiger partial charge in [-0.2, -0.15) is 0 Å². The zero-order valence-corrected chi connectivity index (χ0v) is 13.3. The van der Waals surface area contributed by atoms with Crippen LogP contribution in [0.5, 0.6) is 0 Å². The summed E-state index contributed by atoms with van der Waals surface area (Å²) in [4.78, 5) is 34.0. The molecule has 0 bridgehead atoms. The van der Waals surface area contributed by atoms with Crippen LogP contribution in [0, 0.1) is 0 Å². The van der Waals surface area contributed by atoms with Gasteiger partial charge in [0, 0.05) is 0 Å². The molecule has 0 spiro atoms. The number of rotatable bonds is 10. The Balaban J connectivity index is 2.33. The predicted molar refractivity (Wildman–Crippen MR) is 86.7 cm³/mol. The number of ether oxygens (including phenoxy) is 1. The van der Waals surface area contributed by atoms with Crippen molar-refractivity contribution in [2.45, 2.75) is 38.0 Å². The number of nitrogens with one attached hydrogen (secondary N) is 1. The van der Waals surface area contributed by atoms with Gasteiger partial charge in [-0.05, 0) is 24.8 Å². The molecule has 1 rings (SSSR count). The smallest absolute Gasteiger partial charge is 0.326 e. The second kappa shape index (κ2) is 10.3. The minimum absolute atomic E-state index is 0.137. The summed E-state index contributed by atoms with van der Waals surface area (Å²) in [5.41, 5.74) is 11.7. The van der Waals surface area contributed by atoms with Gasteiger partial charge in [0.25, 0.3) is 0 Å². The average Bonchev–Trinajstić information content (AvgIpc) is 2.59. The van der Waals surface area contributed by atoms with Gasteiger partial charge < -0.3 is 26.6 Å². The molecular formula is C16H23N3O5.